The third-order valence-electron chi connectivity index (χ3n) is 6.06. The van der Waals surface area contributed by atoms with Crippen molar-refractivity contribution >= 4 is 11.0 Å². The number of ether oxygens (including phenoxy) is 1. The van der Waals surface area contributed by atoms with E-state index < -0.39 is 0 Å². The van der Waals surface area contributed by atoms with Crippen LogP contribution in [-0.2, 0) is 6.54 Å². The van der Waals surface area contributed by atoms with Gasteiger partial charge in [0.15, 0.2) is 11.5 Å². The third-order valence-corrected chi connectivity index (χ3v) is 6.06. The highest BCUT2D eigenvalue weighted by molar-refractivity contribution is 5.77. The summed E-state index contributed by atoms with van der Waals surface area (Å²) in [7, 11) is 1.60. The van der Waals surface area contributed by atoms with E-state index in [1.165, 1.54) is 6.33 Å². The molecule has 0 bridgehead atoms. The van der Waals surface area contributed by atoms with Crippen molar-refractivity contribution in [3.63, 3.8) is 0 Å². The van der Waals surface area contributed by atoms with Gasteiger partial charge >= 0.3 is 0 Å². The fraction of sp³-hybridized carbons (Fsp3) is 0.240. The SMILES string of the molecule is COc1ncnc(C2CC2)c1-c1ncc2cnn(Cc3ccc(-n4nc(C)cc4C#N)cc3)c2n1. The lowest BCUT2D eigenvalue weighted by Gasteiger charge is -2.11. The summed E-state index contributed by atoms with van der Waals surface area (Å²) in [5.74, 6) is 1.41. The Bertz CT molecular complexity index is 1590. The molecule has 35 heavy (non-hydrogen) atoms. The van der Waals surface area contributed by atoms with E-state index in [9.17, 15) is 5.26 Å². The second-order valence-electron chi connectivity index (χ2n) is 8.55. The average Bonchev–Trinajstić information content (AvgIpc) is 3.57. The molecule has 0 spiro atoms. The lowest BCUT2D eigenvalue weighted by Crippen LogP contribution is -2.06. The van der Waals surface area contributed by atoms with Gasteiger partial charge in [0.05, 0.1) is 42.3 Å². The monoisotopic (exact) mass is 463 g/mol. The van der Waals surface area contributed by atoms with Gasteiger partial charge in [0, 0.05) is 12.1 Å². The highest BCUT2D eigenvalue weighted by atomic mass is 16.5. The van der Waals surface area contributed by atoms with Crippen LogP contribution in [0.15, 0.2) is 49.1 Å². The van der Waals surface area contributed by atoms with Gasteiger partial charge in [-0.05, 0) is 43.5 Å². The summed E-state index contributed by atoms with van der Waals surface area (Å²) in [5, 5.41) is 19.2. The van der Waals surface area contributed by atoms with E-state index in [-0.39, 0.29) is 0 Å². The Labute approximate surface area is 200 Å². The molecule has 1 aliphatic carbocycles. The van der Waals surface area contributed by atoms with Crippen LogP contribution >= 0.6 is 0 Å². The Hall–Kier alpha value is -4.65. The highest BCUT2D eigenvalue weighted by Gasteiger charge is 2.31. The molecule has 10 heteroatoms. The molecular formula is C25H21N9O. The minimum absolute atomic E-state index is 0.393. The predicted molar refractivity (Wildman–Crippen MR) is 127 cm³/mol. The lowest BCUT2D eigenvalue weighted by atomic mass is 10.1. The molecule has 172 valence electrons. The van der Waals surface area contributed by atoms with Crippen LogP contribution in [-0.4, -0.2) is 46.6 Å². The number of nitriles is 1. The number of aryl methyl sites for hydroxylation is 1. The number of methoxy groups -OCH3 is 1. The summed E-state index contributed by atoms with van der Waals surface area (Å²) in [6.45, 7) is 2.40. The van der Waals surface area contributed by atoms with E-state index in [0.717, 1.165) is 52.1 Å². The van der Waals surface area contributed by atoms with Crippen LogP contribution in [0.3, 0.4) is 0 Å². The molecule has 4 heterocycles. The van der Waals surface area contributed by atoms with E-state index in [0.29, 0.717) is 29.9 Å². The lowest BCUT2D eigenvalue weighted by molar-refractivity contribution is 0.397. The van der Waals surface area contributed by atoms with E-state index in [1.807, 2.05) is 35.9 Å². The molecule has 0 unspecified atom stereocenters. The zero-order chi connectivity index (χ0) is 23.9. The predicted octanol–water partition coefficient (Wildman–Crippen LogP) is 3.58. The molecule has 1 aliphatic rings. The fourth-order valence-electron chi connectivity index (χ4n) is 4.21. The number of fused-ring (bicyclic) bond motifs is 1. The number of aromatic nitrogens is 8. The molecule has 0 radical (unpaired) electrons. The quantitative estimate of drug-likeness (QED) is 0.375. The maximum atomic E-state index is 9.36. The van der Waals surface area contributed by atoms with Crippen molar-refractivity contribution in [3.05, 3.63) is 71.7 Å². The topological polar surface area (TPSA) is 120 Å². The molecule has 1 aromatic carbocycles. The van der Waals surface area contributed by atoms with E-state index in [1.54, 1.807) is 30.3 Å². The fourth-order valence-corrected chi connectivity index (χ4v) is 4.21. The molecular weight excluding hydrogens is 442 g/mol. The van der Waals surface area contributed by atoms with Gasteiger partial charge in [-0.1, -0.05) is 12.1 Å². The summed E-state index contributed by atoms with van der Waals surface area (Å²) in [6, 6.07) is 11.8. The Morgan fingerprint density at radius 2 is 1.94 bits per heavy atom. The first-order chi connectivity index (χ1) is 17.1. The van der Waals surface area contributed by atoms with Crippen molar-refractivity contribution in [2.45, 2.75) is 32.2 Å². The van der Waals surface area contributed by atoms with Crippen molar-refractivity contribution in [1.82, 2.24) is 39.5 Å². The molecule has 4 aromatic heterocycles. The number of benzene rings is 1. The number of hydrogen-bond acceptors (Lipinski definition) is 8. The molecule has 0 saturated heterocycles. The van der Waals surface area contributed by atoms with E-state index in [4.69, 9.17) is 9.72 Å². The van der Waals surface area contributed by atoms with Crippen molar-refractivity contribution in [3.8, 4) is 29.0 Å². The highest BCUT2D eigenvalue weighted by Crippen LogP contribution is 2.44. The smallest absolute Gasteiger partial charge is 0.227 e. The zero-order valence-electron chi connectivity index (χ0n) is 19.3. The Morgan fingerprint density at radius 3 is 2.69 bits per heavy atom. The van der Waals surface area contributed by atoms with Gasteiger partial charge in [-0.15, -0.1) is 0 Å². The van der Waals surface area contributed by atoms with E-state index >= 15 is 0 Å². The molecule has 1 saturated carbocycles. The van der Waals surface area contributed by atoms with Gasteiger partial charge in [-0.2, -0.15) is 15.5 Å². The van der Waals surface area contributed by atoms with Crippen LogP contribution in [0, 0.1) is 18.3 Å². The molecule has 0 atom stereocenters. The molecule has 0 aliphatic heterocycles. The Morgan fingerprint density at radius 1 is 1.11 bits per heavy atom. The summed E-state index contributed by atoms with van der Waals surface area (Å²) < 4.78 is 9.02. The van der Waals surface area contributed by atoms with Gasteiger partial charge in [0.2, 0.25) is 5.88 Å². The minimum Gasteiger partial charge on any atom is -0.480 e. The Kier molecular flexibility index (Phi) is 4.95. The molecule has 0 N–H and O–H groups in total. The van der Waals surface area contributed by atoms with Crippen LogP contribution in [0.1, 0.15) is 41.4 Å². The average molecular weight is 464 g/mol. The number of rotatable bonds is 6. The summed E-state index contributed by atoms with van der Waals surface area (Å²) >= 11 is 0. The number of nitrogens with zero attached hydrogens (tertiary/aromatic N) is 9. The first-order valence-electron chi connectivity index (χ1n) is 11.3. The maximum absolute atomic E-state index is 9.36. The summed E-state index contributed by atoms with van der Waals surface area (Å²) in [4.78, 5) is 18.2. The van der Waals surface area contributed by atoms with Gasteiger partial charge in [-0.3, -0.25) is 0 Å². The van der Waals surface area contributed by atoms with Crippen LogP contribution in [0.25, 0.3) is 28.1 Å². The summed E-state index contributed by atoms with van der Waals surface area (Å²) in [6.07, 6.45) is 7.26. The zero-order valence-corrected chi connectivity index (χ0v) is 19.3. The van der Waals surface area contributed by atoms with Gasteiger partial charge < -0.3 is 4.74 Å². The second-order valence-corrected chi connectivity index (χ2v) is 8.55. The van der Waals surface area contributed by atoms with Crippen molar-refractivity contribution in [1.29, 1.82) is 5.26 Å². The van der Waals surface area contributed by atoms with Crippen molar-refractivity contribution in [2.24, 2.45) is 0 Å². The first kappa shape index (κ1) is 20.9. The third kappa shape index (κ3) is 3.77. The summed E-state index contributed by atoms with van der Waals surface area (Å²) in [5.41, 5.74) is 5.58. The van der Waals surface area contributed by atoms with Crippen molar-refractivity contribution < 1.29 is 4.74 Å². The second kappa shape index (κ2) is 8.29. The van der Waals surface area contributed by atoms with Crippen LogP contribution in [0.2, 0.25) is 0 Å². The van der Waals surface area contributed by atoms with Crippen molar-refractivity contribution in [2.75, 3.05) is 7.11 Å². The molecule has 10 nitrogen and oxygen atoms in total. The number of hydrogen-bond donors (Lipinski definition) is 0. The van der Waals surface area contributed by atoms with Gasteiger partial charge in [0.25, 0.3) is 0 Å². The van der Waals surface area contributed by atoms with Crippen LogP contribution < -0.4 is 4.74 Å². The Balaban J connectivity index is 1.34. The molecule has 6 rings (SSSR count). The maximum Gasteiger partial charge on any atom is 0.227 e. The standard InChI is InChI=1S/C25H21N9O/c1-15-9-20(10-26)34(32-15)19-7-3-16(4-8-19)13-33-24-18(12-30-33)11-27-23(31-24)21-22(17-5-6-17)28-14-29-25(21)35-2/h3-4,7-9,11-12,14,17H,5-6,13H2,1-2H3. The van der Waals surface area contributed by atoms with E-state index in [2.05, 4.69) is 31.2 Å². The largest absolute Gasteiger partial charge is 0.480 e. The molecule has 5 aromatic rings. The van der Waals surface area contributed by atoms with Crippen LogP contribution in [0.5, 0.6) is 5.88 Å². The molecule has 0 amide bonds. The normalized spacial score (nSPS) is 13.2. The molecule has 1 fully saturated rings. The van der Waals surface area contributed by atoms with Gasteiger partial charge in [-0.25, -0.2) is 29.3 Å². The van der Waals surface area contributed by atoms with Gasteiger partial charge in [0.1, 0.15) is 23.7 Å². The first-order valence-corrected chi connectivity index (χ1v) is 11.3. The van der Waals surface area contributed by atoms with Crippen LogP contribution in [0.4, 0.5) is 0 Å². The minimum atomic E-state index is 0.393.